The zero-order valence-electron chi connectivity index (χ0n) is 15.5. The summed E-state index contributed by atoms with van der Waals surface area (Å²) in [7, 11) is 0. The van der Waals surface area contributed by atoms with Gasteiger partial charge in [-0.3, -0.25) is 14.5 Å². The highest BCUT2D eigenvalue weighted by Crippen LogP contribution is 2.44. The molecule has 0 spiro atoms. The van der Waals surface area contributed by atoms with Gasteiger partial charge in [-0.15, -0.1) is 0 Å². The van der Waals surface area contributed by atoms with Crippen LogP contribution in [0, 0.1) is 17.2 Å². The van der Waals surface area contributed by atoms with Gasteiger partial charge in [0.15, 0.2) is 0 Å². The molecule has 2 fully saturated rings. The quantitative estimate of drug-likeness (QED) is 0.772. The van der Waals surface area contributed by atoms with Crippen LogP contribution in [0.5, 0.6) is 0 Å². The first-order valence-corrected chi connectivity index (χ1v) is 9.34. The average molecular weight is 362 g/mol. The Bertz CT molecular complexity index is 664. The number of amides is 1. The van der Waals surface area contributed by atoms with Crippen molar-refractivity contribution >= 4 is 11.9 Å². The minimum absolute atomic E-state index is 0.00633. The second-order valence-corrected chi connectivity index (χ2v) is 7.44. The Balaban J connectivity index is 1.79. The Labute approximate surface area is 154 Å². The van der Waals surface area contributed by atoms with Crippen LogP contribution in [0.1, 0.15) is 32.3 Å². The molecule has 0 radical (unpaired) electrons. The number of carbonyl (C=O) groups is 2. The number of hydrogen-bond donors (Lipinski definition) is 0. The van der Waals surface area contributed by atoms with Gasteiger partial charge < -0.3 is 9.64 Å². The van der Waals surface area contributed by atoms with E-state index in [1.807, 2.05) is 6.92 Å². The van der Waals surface area contributed by atoms with Crippen molar-refractivity contribution in [3.63, 3.8) is 0 Å². The number of nitrogens with zero attached hydrogens (tertiary/aromatic N) is 2. The fourth-order valence-electron chi connectivity index (χ4n) is 4.35. The van der Waals surface area contributed by atoms with Crippen LogP contribution in [0.15, 0.2) is 24.3 Å². The van der Waals surface area contributed by atoms with Crippen LogP contribution in [-0.2, 0) is 20.9 Å². The van der Waals surface area contributed by atoms with Crippen molar-refractivity contribution in [1.82, 2.24) is 9.80 Å². The third-order valence-corrected chi connectivity index (χ3v) is 5.72. The van der Waals surface area contributed by atoms with Crippen molar-refractivity contribution in [2.45, 2.75) is 33.2 Å². The van der Waals surface area contributed by atoms with E-state index in [0.29, 0.717) is 19.7 Å². The number of halogens is 1. The third kappa shape index (κ3) is 3.75. The number of carbonyl (C=O) groups excluding carboxylic acids is 2. The minimum Gasteiger partial charge on any atom is -0.466 e. The molecule has 2 atom stereocenters. The van der Waals surface area contributed by atoms with Crippen molar-refractivity contribution < 1.29 is 18.7 Å². The number of hydrogen-bond acceptors (Lipinski definition) is 4. The Morgan fingerprint density at radius 1 is 1.27 bits per heavy atom. The molecule has 0 aromatic heterocycles. The number of likely N-dealkylation sites (tertiary alicyclic amines) is 2. The van der Waals surface area contributed by atoms with E-state index in [4.69, 9.17) is 4.74 Å². The average Bonchev–Trinajstić information content (AvgIpc) is 2.88. The number of esters is 1. The van der Waals surface area contributed by atoms with Crippen LogP contribution in [0.25, 0.3) is 0 Å². The summed E-state index contributed by atoms with van der Waals surface area (Å²) in [4.78, 5) is 28.8. The van der Waals surface area contributed by atoms with Crippen LogP contribution in [0.2, 0.25) is 0 Å². The Kier molecular flexibility index (Phi) is 5.61. The fourth-order valence-corrected chi connectivity index (χ4v) is 4.35. The molecule has 142 valence electrons. The van der Waals surface area contributed by atoms with E-state index in [1.165, 1.54) is 12.1 Å². The lowest BCUT2D eigenvalue weighted by Crippen LogP contribution is -2.42. The SMILES string of the molecule is CCOC(=O)[C@@]12CCCN(Cc3ccc(F)cc3)C[C@@H]1CN(C(C)=O)C2. The summed E-state index contributed by atoms with van der Waals surface area (Å²) in [6.07, 6.45) is 1.61. The second kappa shape index (κ2) is 7.74. The largest absolute Gasteiger partial charge is 0.466 e. The van der Waals surface area contributed by atoms with Crippen molar-refractivity contribution in [2.75, 3.05) is 32.8 Å². The van der Waals surface area contributed by atoms with Crippen LogP contribution < -0.4 is 0 Å². The molecule has 0 saturated carbocycles. The highest BCUT2D eigenvalue weighted by atomic mass is 19.1. The van der Waals surface area contributed by atoms with Crippen LogP contribution >= 0.6 is 0 Å². The molecule has 6 heteroatoms. The predicted molar refractivity (Wildman–Crippen MR) is 95.7 cm³/mol. The van der Waals surface area contributed by atoms with Gasteiger partial charge in [0.2, 0.25) is 5.91 Å². The molecule has 1 aromatic rings. The van der Waals surface area contributed by atoms with Gasteiger partial charge in [0.1, 0.15) is 5.82 Å². The first-order valence-electron chi connectivity index (χ1n) is 9.34. The molecule has 1 aromatic carbocycles. The van der Waals surface area contributed by atoms with Gasteiger partial charge in [0.05, 0.1) is 12.0 Å². The molecule has 0 N–H and O–H groups in total. The summed E-state index contributed by atoms with van der Waals surface area (Å²) in [5.74, 6) is -0.337. The van der Waals surface area contributed by atoms with Crippen molar-refractivity contribution in [1.29, 1.82) is 0 Å². The first-order chi connectivity index (χ1) is 12.4. The summed E-state index contributed by atoms with van der Waals surface area (Å²) in [6, 6.07) is 6.55. The molecule has 2 heterocycles. The summed E-state index contributed by atoms with van der Waals surface area (Å²) >= 11 is 0. The summed E-state index contributed by atoms with van der Waals surface area (Å²) in [5.41, 5.74) is 0.454. The lowest BCUT2D eigenvalue weighted by molar-refractivity contribution is -0.157. The highest BCUT2D eigenvalue weighted by molar-refractivity contribution is 5.81. The second-order valence-electron chi connectivity index (χ2n) is 7.44. The molecule has 0 bridgehead atoms. The summed E-state index contributed by atoms with van der Waals surface area (Å²) in [6.45, 7) is 7.11. The van der Waals surface area contributed by atoms with Gasteiger partial charge >= 0.3 is 5.97 Å². The number of fused-ring (bicyclic) bond motifs is 1. The van der Waals surface area contributed by atoms with E-state index >= 15 is 0 Å². The number of ether oxygens (including phenoxy) is 1. The highest BCUT2D eigenvalue weighted by Gasteiger charge is 2.54. The van der Waals surface area contributed by atoms with Crippen LogP contribution in [0.4, 0.5) is 4.39 Å². The molecule has 1 amide bonds. The van der Waals surface area contributed by atoms with Crippen molar-refractivity contribution in [2.24, 2.45) is 11.3 Å². The molecule has 5 nitrogen and oxygen atoms in total. The van der Waals surface area contributed by atoms with Crippen molar-refractivity contribution in [3.8, 4) is 0 Å². The summed E-state index contributed by atoms with van der Waals surface area (Å²) < 4.78 is 18.5. The number of rotatable bonds is 4. The lowest BCUT2D eigenvalue weighted by atomic mass is 9.75. The third-order valence-electron chi connectivity index (χ3n) is 5.72. The minimum atomic E-state index is -0.598. The zero-order chi connectivity index (χ0) is 18.7. The molecular formula is C20H27FN2O3. The van der Waals surface area contributed by atoms with Crippen molar-refractivity contribution in [3.05, 3.63) is 35.6 Å². The van der Waals surface area contributed by atoms with E-state index in [0.717, 1.165) is 38.0 Å². The predicted octanol–water partition coefficient (Wildman–Crippen LogP) is 2.45. The van der Waals surface area contributed by atoms with E-state index in [2.05, 4.69) is 4.90 Å². The van der Waals surface area contributed by atoms with Gasteiger partial charge in [-0.25, -0.2) is 4.39 Å². The first kappa shape index (κ1) is 18.8. The van der Waals surface area contributed by atoms with Crippen LogP contribution in [0.3, 0.4) is 0 Å². The fraction of sp³-hybridized carbons (Fsp3) is 0.600. The van der Waals surface area contributed by atoms with Gasteiger partial charge in [0.25, 0.3) is 0 Å². The Hall–Kier alpha value is -1.95. The monoisotopic (exact) mass is 362 g/mol. The lowest BCUT2D eigenvalue weighted by Gasteiger charge is -2.31. The molecular weight excluding hydrogens is 335 g/mol. The molecule has 26 heavy (non-hydrogen) atoms. The smallest absolute Gasteiger partial charge is 0.314 e. The van der Waals surface area contributed by atoms with E-state index in [1.54, 1.807) is 24.0 Å². The number of benzene rings is 1. The molecule has 0 unspecified atom stereocenters. The molecule has 2 aliphatic heterocycles. The standard InChI is InChI=1S/C20H27FN2O3/c1-3-26-19(25)20-9-4-10-22(11-16-5-7-18(21)8-6-16)12-17(20)13-23(14-20)15(2)24/h5-8,17H,3-4,9-14H2,1-2H3/t17-,20-/m1/s1. The van der Waals surface area contributed by atoms with E-state index in [-0.39, 0.29) is 23.6 Å². The van der Waals surface area contributed by atoms with Gasteiger partial charge in [-0.05, 0) is 44.0 Å². The topological polar surface area (TPSA) is 49.9 Å². The molecule has 2 saturated heterocycles. The maximum atomic E-state index is 13.1. The zero-order valence-corrected chi connectivity index (χ0v) is 15.5. The maximum Gasteiger partial charge on any atom is 0.314 e. The molecule has 2 aliphatic rings. The van der Waals surface area contributed by atoms with E-state index in [9.17, 15) is 14.0 Å². The Morgan fingerprint density at radius 3 is 2.65 bits per heavy atom. The van der Waals surface area contributed by atoms with Gasteiger partial charge in [-0.2, -0.15) is 0 Å². The van der Waals surface area contributed by atoms with Gasteiger partial charge in [0, 0.05) is 39.0 Å². The van der Waals surface area contributed by atoms with Gasteiger partial charge in [-0.1, -0.05) is 12.1 Å². The maximum absolute atomic E-state index is 13.1. The summed E-state index contributed by atoms with van der Waals surface area (Å²) in [5, 5.41) is 0. The molecule has 0 aliphatic carbocycles. The Morgan fingerprint density at radius 2 is 2.00 bits per heavy atom. The normalized spacial score (nSPS) is 26.3. The molecule has 3 rings (SSSR count). The van der Waals surface area contributed by atoms with E-state index < -0.39 is 5.41 Å². The van der Waals surface area contributed by atoms with Crippen LogP contribution in [-0.4, -0.2) is 54.5 Å².